The quantitative estimate of drug-likeness (QED) is 0.897. The monoisotopic (exact) mass is 257 g/mol. The van der Waals surface area contributed by atoms with Crippen LogP contribution in [-0.4, -0.2) is 35.6 Å². The van der Waals surface area contributed by atoms with Crippen molar-refractivity contribution < 1.29 is 18.7 Å². The summed E-state index contributed by atoms with van der Waals surface area (Å²) in [5.74, 6) is -2.41. The van der Waals surface area contributed by atoms with Crippen molar-refractivity contribution in [2.24, 2.45) is 0 Å². The lowest BCUT2D eigenvalue weighted by Gasteiger charge is -2.19. The number of hydrogen-bond acceptors (Lipinski definition) is 2. The highest BCUT2D eigenvalue weighted by Gasteiger charge is 2.22. The number of halogens is 2. The van der Waals surface area contributed by atoms with Crippen molar-refractivity contribution in [3.8, 4) is 0 Å². The van der Waals surface area contributed by atoms with E-state index in [0.717, 1.165) is 6.07 Å². The van der Waals surface area contributed by atoms with E-state index >= 15 is 0 Å². The molecule has 0 radical (unpaired) electrons. The molecule has 0 aromatic heterocycles. The Balaban J connectivity index is 2.93. The van der Waals surface area contributed by atoms with Crippen molar-refractivity contribution in [3.63, 3.8) is 0 Å². The van der Waals surface area contributed by atoms with E-state index in [2.05, 4.69) is 0 Å². The fourth-order valence-electron chi connectivity index (χ4n) is 1.53. The fourth-order valence-corrected chi connectivity index (χ4v) is 1.53. The van der Waals surface area contributed by atoms with Crippen LogP contribution in [0, 0.1) is 18.6 Å². The third-order valence-electron chi connectivity index (χ3n) is 2.73. The van der Waals surface area contributed by atoms with E-state index in [4.69, 9.17) is 5.11 Å². The van der Waals surface area contributed by atoms with Crippen molar-refractivity contribution in [2.45, 2.75) is 26.4 Å². The van der Waals surface area contributed by atoms with Crippen LogP contribution in [0.4, 0.5) is 8.78 Å². The molecule has 1 N–H and O–H groups in total. The first-order valence-corrected chi connectivity index (χ1v) is 5.72. The summed E-state index contributed by atoms with van der Waals surface area (Å²) in [6.45, 7) is 3.30. The molecule has 100 valence electrons. The van der Waals surface area contributed by atoms with Gasteiger partial charge in [-0.3, -0.25) is 4.79 Å². The van der Waals surface area contributed by atoms with E-state index in [1.54, 1.807) is 6.92 Å². The Morgan fingerprint density at radius 3 is 2.61 bits per heavy atom. The lowest BCUT2D eigenvalue weighted by molar-refractivity contribution is 0.0759. The maximum absolute atomic E-state index is 13.7. The molecule has 0 aliphatic rings. The summed E-state index contributed by atoms with van der Waals surface area (Å²) in [5, 5.41) is 9.12. The Labute approximate surface area is 105 Å². The van der Waals surface area contributed by atoms with E-state index in [1.807, 2.05) is 0 Å². The smallest absolute Gasteiger partial charge is 0.259 e. The lowest BCUT2D eigenvalue weighted by atomic mass is 10.1. The van der Waals surface area contributed by atoms with Crippen LogP contribution in [0.2, 0.25) is 0 Å². The van der Waals surface area contributed by atoms with Gasteiger partial charge in [-0.15, -0.1) is 0 Å². The Morgan fingerprint density at radius 1 is 1.44 bits per heavy atom. The van der Waals surface area contributed by atoms with Crippen molar-refractivity contribution in [3.05, 3.63) is 34.9 Å². The van der Waals surface area contributed by atoms with Crippen LogP contribution in [-0.2, 0) is 0 Å². The van der Waals surface area contributed by atoms with E-state index < -0.39 is 29.2 Å². The minimum absolute atomic E-state index is 0.226. The Kier molecular flexibility index (Phi) is 4.78. The molecule has 0 bridgehead atoms. The zero-order chi connectivity index (χ0) is 13.9. The summed E-state index contributed by atoms with van der Waals surface area (Å²) in [5.41, 5.74) is -0.313. The molecule has 3 nitrogen and oxygen atoms in total. The fraction of sp³-hybridized carbons (Fsp3) is 0.462. The van der Waals surface area contributed by atoms with Gasteiger partial charge < -0.3 is 10.0 Å². The molecule has 1 rings (SSSR count). The van der Waals surface area contributed by atoms with Gasteiger partial charge in [0, 0.05) is 13.6 Å². The van der Waals surface area contributed by atoms with Gasteiger partial charge in [0.15, 0.2) is 0 Å². The molecule has 0 spiro atoms. The second-order valence-corrected chi connectivity index (χ2v) is 4.42. The molecule has 0 saturated heterocycles. The largest absolute Gasteiger partial charge is 0.393 e. The van der Waals surface area contributed by atoms with Crippen LogP contribution in [0.15, 0.2) is 12.1 Å². The normalized spacial score (nSPS) is 12.3. The Morgan fingerprint density at radius 2 is 2.06 bits per heavy atom. The molecule has 1 aromatic rings. The minimum Gasteiger partial charge on any atom is -0.393 e. The Hall–Kier alpha value is -1.49. The highest BCUT2D eigenvalue weighted by Crippen LogP contribution is 2.18. The molecule has 0 saturated carbocycles. The van der Waals surface area contributed by atoms with Gasteiger partial charge in [-0.05, 0) is 31.9 Å². The number of aliphatic hydroxyl groups excluding tert-OH is 1. The first-order valence-electron chi connectivity index (χ1n) is 5.72. The first kappa shape index (κ1) is 14.6. The van der Waals surface area contributed by atoms with E-state index in [1.165, 1.54) is 24.9 Å². The number of aryl methyl sites for hydroxylation is 1. The second kappa shape index (κ2) is 5.91. The standard InChI is InChI=1S/C13H17F2NO2/c1-8-4-5-10(14)11(12(8)15)13(18)16(3)7-6-9(2)17/h4-5,9,17H,6-7H2,1-3H3. The van der Waals surface area contributed by atoms with Gasteiger partial charge in [-0.2, -0.15) is 0 Å². The number of carbonyl (C=O) groups is 1. The van der Waals surface area contributed by atoms with Crippen molar-refractivity contribution in [2.75, 3.05) is 13.6 Å². The van der Waals surface area contributed by atoms with Crippen LogP contribution in [0.1, 0.15) is 29.3 Å². The van der Waals surface area contributed by atoms with Crippen LogP contribution in [0.25, 0.3) is 0 Å². The average Bonchev–Trinajstić information content (AvgIpc) is 2.31. The van der Waals surface area contributed by atoms with E-state index in [9.17, 15) is 13.6 Å². The van der Waals surface area contributed by atoms with Gasteiger partial charge in [-0.25, -0.2) is 8.78 Å². The molecule has 18 heavy (non-hydrogen) atoms. The maximum Gasteiger partial charge on any atom is 0.259 e. The van der Waals surface area contributed by atoms with E-state index in [0.29, 0.717) is 6.42 Å². The molecule has 1 unspecified atom stereocenters. The topological polar surface area (TPSA) is 40.5 Å². The SMILES string of the molecule is Cc1ccc(F)c(C(=O)N(C)CCC(C)O)c1F. The number of benzene rings is 1. The molecule has 0 fully saturated rings. The summed E-state index contributed by atoms with van der Waals surface area (Å²) < 4.78 is 27.2. The highest BCUT2D eigenvalue weighted by molar-refractivity contribution is 5.94. The average molecular weight is 257 g/mol. The summed E-state index contributed by atoms with van der Waals surface area (Å²) in [6.07, 6.45) is -0.204. The number of amides is 1. The van der Waals surface area contributed by atoms with Crippen LogP contribution >= 0.6 is 0 Å². The predicted molar refractivity (Wildman–Crippen MR) is 64.4 cm³/mol. The molecule has 0 aliphatic carbocycles. The molecule has 1 amide bonds. The van der Waals surface area contributed by atoms with Gasteiger partial charge in [0.2, 0.25) is 0 Å². The summed E-state index contributed by atoms with van der Waals surface area (Å²) in [4.78, 5) is 13.1. The summed E-state index contributed by atoms with van der Waals surface area (Å²) in [6, 6.07) is 2.37. The number of carbonyl (C=O) groups excluding carboxylic acids is 1. The number of nitrogens with zero attached hydrogens (tertiary/aromatic N) is 1. The zero-order valence-corrected chi connectivity index (χ0v) is 10.7. The van der Waals surface area contributed by atoms with E-state index in [-0.39, 0.29) is 12.1 Å². The van der Waals surface area contributed by atoms with Gasteiger partial charge in [0.05, 0.1) is 6.10 Å². The van der Waals surface area contributed by atoms with Gasteiger partial charge >= 0.3 is 0 Å². The third-order valence-corrected chi connectivity index (χ3v) is 2.73. The molecule has 0 aliphatic heterocycles. The first-order chi connectivity index (χ1) is 8.34. The molecule has 1 atom stereocenters. The van der Waals surface area contributed by atoms with Gasteiger partial charge in [-0.1, -0.05) is 6.07 Å². The number of rotatable bonds is 4. The summed E-state index contributed by atoms with van der Waals surface area (Å²) in [7, 11) is 1.45. The molecule has 5 heteroatoms. The number of aliphatic hydroxyl groups is 1. The minimum atomic E-state index is -0.869. The highest BCUT2D eigenvalue weighted by atomic mass is 19.1. The van der Waals surface area contributed by atoms with Gasteiger partial charge in [0.25, 0.3) is 5.91 Å². The van der Waals surface area contributed by atoms with Crippen molar-refractivity contribution in [1.82, 2.24) is 4.90 Å². The van der Waals surface area contributed by atoms with Crippen molar-refractivity contribution >= 4 is 5.91 Å². The lowest BCUT2D eigenvalue weighted by Crippen LogP contribution is -2.31. The maximum atomic E-state index is 13.7. The second-order valence-electron chi connectivity index (χ2n) is 4.42. The van der Waals surface area contributed by atoms with Crippen LogP contribution < -0.4 is 0 Å². The zero-order valence-electron chi connectivity index (χ0n) is 10.7. The molecule has 0 heterocycles. The molecule has 1 aromatic carbocycles. The number of hydrogen-bond donors (Lipinski definition) is 1. The van der Waals surface area contributed by atoms with Crippen molar-refractivity contribution in [1.29, 1.82) is 0 Å². The van der Waals surface area contributed by atoms with Crippen LogP contribution in [0.3, 0.4) is 0 Å². The van der Waals surface area contributed by atoms with Gasteiger partial charge in [0.1, 0.15) is 17.2 Å². The predicted octanol–water partition coefficient (Wildman–Crippen LogP) is 2.12. The molecular formula is C13H17F2NO2. The third kappa shape index (κ3) is 3.26. The summed E-state index contributed by atoms with van der Waals surface area (Å²) >= 11 is 0. The van der Waals surface area contributed by atoms with Crippen LogP contribution in [0.5, 0.6) is 0 Å². The Bertz CT molecular complexity index is 447. The molecular weight excluding hydrogens is 240 g/mol.